The van der Waals surface area contributed by atoms with Gasteiger partial charge in [-0.1, -0.05) is 0 Å². The SMILES string of the molecule is O=S([O-])O.[H-].[Na+]. The Balaban J connectivity index is -0.0000000450. The van der Waals surface area contributed by atoms with Crippen LogP contribution in [0.5, 0.6) is 0 Å². The Bertz CT molecular complexity index is 33.8. The normalized spacial score (nSPS) is 12.4. The Morgan fingerprint density at radius 3 is 2.00 bits per heavy atom. The third-order valence-corrected chi connectivity index (χ3v) is 0. The molecule has 5 heavy (non-hydrogen) atoms. The van der Waals surface area contributed by atoms with Crippen molar-refractivity contribution >= 4 is 11.4 Å². The molecule has 0 amide bonds. The number of hydrogen-bond acceptors (Lipinski definition) is 2. The van der Waals surface area contributed by atoms with E-state index in [4.69, 9.17) is 13.3 Å². The van der Waals surface area contributed by atoms with Gasteiger partial charge in [-0.3, -0.25) is 0 Å². The summed E-state index contributed by atoms with van der Waals surface area (Å²) in [6, 6.07) is 0. The molecule has 5 heteroatoms. The van der Waals surface area contributed by atoms with Crippen molar-refractivity contribution in [2.75, 3.05) is 0 Å². The molecule has 0 saturated heterocycles. The summed E-state index contributed by atoms with van der Waals surface area (Å²) in [5.41, 5.74) is 0. The molecule has 0 bridgehead atoms. The molecule has 28 valence electrons. The molecule has 0 fully saturated rings. The molecule has 0 aromatic heterocycles. The Morgan fingerprint density at radius 2 is 2.00 bits per heavy atom. The molecular weight excluding hydrogens is 103 g/mol. The zero-order valence-electron chi connectivity index (χ0n) is 3.67. The minimum atomic E-state index is -2.86. The quantitative estimate of drug-likeness (QED) is 0.256. The van der Waals surface area contributed by atoms with Gasteiger partial charge in [0, 0.05) is 0 Å². The minimum absolute atomic E-state index is 0. The van der Waals surface area contributed by atoms with Crippen LogP contribution in [0.3, 0.4) is 0 Å². The van der Waals surface area contributed by atoms with Crippen molar-refractivity contribution in [2.45, 2.75) is 0 Å². The summed E-state index contributed by atoms with van der Waals surface area (Å²) >= 11 is -2.86. The van der Waals surface area contributed by atoms with E-state index in [1.807, 2.05) is 0 Å². The van der Waals surface area contributed by atoms with Crippen LogP contribution in [-0.4, -0.2) is 13.3 Å². The van der Waals surface area contributed by atoms with Gasteiger partial charge in [-0.2, -0.15) is 0 Å². The second-order valence-electron chi connectivity index (χ2n) is 0.217. The maximum absolute atomic E-state index is 8.56. The molecule has 0 radical (unpaired) electrons. The third-order valence-electron chi connectivity index (χ3n) is 0. The van der Waals surface area contributed by atoms with E-state index in [9.17, 15) is 0 Å². The first kappa shape index (κ1) is 9.42. The summed E-state index contributed by atoms with van der Waals surface area (Å²) in [4.78, 5) is 0. The Labute approximate surface area is 55.7 Å². The van der Waals surface area contributed by atoms with Gasteiger partial charge < -0.3 is 10.5 Å². The summed E-state index contributed by atoms with van der Waals surface area (Å²) in [7, 11) is 0. The van der Waals surface area contributed by atoms with Gasteiger partial charge in [0.05, 0.1) is 11.4 Å². The van der Waals surface area contributed by atoms with Gasteiger partial charge in [0.1, 0.15) is 0 Å². The van der Waals surface area contributed by atoms with E-state index in [0.29, 0.717) is 0 Å². The average Bonchev–Trinajstić information content (AvgIpc) is 0.811. The second kappa shape index (κ2) is 5.07. The predicted octanol–water partition coefficient (Wildman–Crippen LogP) is -3.54. The summed E-state index contributed by atoms with van der Waals surface area (Å²) in [6.45, 7) is 0. The molecule has 1 unspecified atom stereocenters. The van der Waals surface area contributed by atoms with Crippen molar-refractivity contribution in [2.24, 2.45) is 0 Å². The first-order valence-electron chi connectivity index (χ1n) is 0.516. The Hall–Kier alpha value is 1.07. The Morgan fingerprint density at radius 1 is 2.00 bits per heavy atom. The average molecular weight is 105 g/mol. The van der Waals surface area contributed by atoms with Crippen molar-refractivity contribution in [1.29, 1.82) is 0 Å². The topological polar surface area (TPSA) is 60.4 Å². The summed E-state index contributed by atoms with van der Waals surface area (Å²) in [6.07, 6.45) is 0. The van der Waals surface area contributed by atoms with E-state index < -0.39 is 11.4 Å². The van der Waals surface area contributed by atoms with Gasteiger partial charge in [0.2, 0.25) is 0 Å². The molecular formula is H2NaO3S-. The van der Waals surface area contributed by atoms with Gasteiger partial charge >= 0.3 is 29.6 Å². The van der Waals surface area contributed by atoms with Crippen molar-refractivity contribution in [3.8, 4) is 0 Å². The fourth-order valence-electron chi connectivity index (χ4n) is 0. The first-order chi connectivity index (χ1) is 1.73. The van der Waals surface area contributed by atoms with Gasteiger partial charge in [-0.05, 0) is 0 Å². The molecule has 1 atom stereocenters. The first-order valence-corrected chi connectivity index (χ1v) is 1.55. The van der Waals surface area contributed by atoms with Crippen molar-refractivity contribution < 1.29 is 44.3 Å². The zero-order chi connectivity index (χ0) is 3.58. The van der Waals surface area contributed by atoms with Crippen LogP contribution in [0.15, 0.2) is 0 Å². The predicted molar refractivity (Wildman–Crippen MR) is 12.7 cm³/mol. The van der Waals surface area contributed by atoms with Crippen LogP contribution in [0.2, 0.25) is 0 Å². The molecule has 1 N–H and O–H groups in total. The molecule has 3 nitrogen and oxygen atoms in total. The summed E-state index contributed by atoms with van der Waals surface area (Å²) in [5, 5.41) is 0. The molecule has 0 aromatic carbocycles. The van der Waals surface area contributed by atoms with Crippen LogP contribution in [0, 0.1) is 0 Å². The smallest absolute Gasteiger partial charge is 1.00 e. The van der Waals surface area contributed by atoms with Gasteiger partial charge in [-0.25, -0.2) is 4.21 Å². The maximum Gasteiger partial charge on any atom is 1.00 e. The van der Waals surface area contributed by atoms with Crippen LogP contribution in [0.1, 0.15) is 1.43 Å². The van der Waals surface area contributed by atoms with Crippen LogP contribution in [0.4, 0.5) is 0 Å². The molecule has 0 aliphatic carbocycles. The van der Waals surface area contributed by atoms with Crippen LogP contribution in [-0.2, 0) is 11.4 Å². The fraction of sp³-hybridized carbons (Fsp3) is 0. The van der Waals surface area contributed by atoms with Crippen LogP contribution in [0.25, 0.3) is 0 Å². The van der Waals surface area contributed by atoms with E-state index >= 15 is 0 Å². The van der Waals surface area contributed by atoms with E-state index in [1.54, 1.807) is 0 Å². The monoisotopic (exact) mass is 105 g/mol. The zero-order valence-corrected chi connectivity index (χ0v) is 5.49. The number of rotatable bonds is 0. The van der Waals surface area contributed by atoms with Crippen LogP contribution < -0.4 is 29.6 Å². The van der Waals surface area contributed by atoms with Gasteiger partial charge in [-0.15, -0.1) is 0 Å². The number of hydrogen-bond donors (Lipinski definition) is 1. The van der Waals surface area contributed by atoms with E-state index in [1.165, 1.54) is 0 Å². The molecule has 0 spiro atoms. The second-order valence-corrected chi connectivity index (χ2v) is 0.651. The standard InChI is InChI=1S/Na.H2O3S.H/c;1-4(2)3;/h;(H2,1,2,3);/q+1;;-1/p-1. The third kappa shape index (κ3) is 41.7. The molecule has 0 aliphatic rings. The molecule has 0 aromatic rings. The van der Waals surface area contributed by atoms with Crippen molar-refractivity contribution in [3.05, 3.63) is 0 Å². The van der Waals surface area contributed by atoms with Crippen LogP contribution >= 0.6 is 0 Å². The largest absolute Gasteiger partial charge is 1.00 e. The summed E-state index contributed by atoms with van der Waals surface area (Å²) in [5.74, 6) is 0. The van der Waals surface area contributed by atoms with Crippen molar-refractivity contribution in [1.82, 2.24) is 0 Å². The molecule has 0 rings (SSSR count). The molecule has 0 heterocycles. The maximum atomic E-state index is 8.56. The van der Waals surface area contributed by atoms with E-state index in [-0.39, 0.29) is 31.0 Å². The van der Waals surface area contributed by atoms with E-state index in [2.05, 4.69) is 0 Å². The van der Waals surface area contributed by atoms with E-state index in [0.717, 1.165) is 0 Å². The molecule has 0 aliphatic heterocycles. The van der Waals surface area contributed by atoms with Gasteiger partial charge in [0.15, 0.2) is 0 Å². The Kier molecular flexibility index (Phi) is 9.55. The molecule has 0 saturated carbocycles. The van der Waals surface area contributed by atoms with Crippen molar-refractivity contribution in [3.63, 3.8) is 0 Å². The fourth-order valence-corrected chi connectivity index (χ4v) is 0. The van der Waals surface area contributed by atoms with Gasteiger partial charge in [0.25, 0.3) is 0 Å². The minimum Gasteiger partial charge on any atom is -1.00 e. The summed E-state index contributed by atoms with van der Waals surface area (Å²) < 4.78 is 24.1.